The quantitative estimate of drug-likeness (QED) is 0.704. The van der Waals surface area contributed by atoms with Gasteiger partial charge >= 0.3 is 5.97 Å². The highest BCUT2D eigenvalue weighted by Crippen LogP contribution is 2.12. The van der Waals surface area contributed by atoms with E-state index < -0.39 is 5.97 Å². The molecule has 1 aromatic heterocycles. The molecule has 0 spiro atoms. The lowest BCUT2D eigenvalue weighted by Crippen LogP contribution is -1.93. The summed E-state index contributed by atoms with van der Waals surface area (Å²) in [4.78, 5) is 13.3. The number of aromatic nitrogens is 1. The van der Waals surface area contributed by atoms with Crippen LogP contribution in [0.1, 0.15) is 38.2 Å². The Bertz CT molecular complexity index is 325. The maximum absolute atomic E-state index is 10.3. The highest BCUT2D eigenvalue weighted by atomic mass is 16.4. The van der Waals surface area contributed by atoms with E-state index in [9.17, 15) is 4.79 Å². The molecule has 0 radical (unpaired) electrons. The molecular weight excluding hydrogens is 190 g/mol. The van der Waals surface area contributed by atoms with Crippen molar-refractivity contribution < 1.29 is 9.90 Å². The van der Waals surface area contributed by atoms with E-state index in [1.165, 1.54) is 11.1 Å². The Kier molecular flexibility index (Phi) is 4.68. The second-order valence-electron chi connectivity index (χ2n) is 3.74. The first kappa shape index (κ1) is 11.6. The highest BCUT2D eigenvalue weighted by molar-refractivity contribution is 5.66. The van der Waals surface area contributed by atoms with E-state index in [1.54, 1.807) is 0 Å². The molecule has 1 heterocycles. The van der Waals surface area contributed by atoms with Gasteiger partial charge in [-0.2, -0.15) is 0 Å². The van der Waals surface area contributed by atoms with Crippen molar-refractivity contribution in [2.45, 2.75) is 32.6 Å². The fourth-order valence-electron chi connectivity index (χ4n) is 1.46. The van der Waals surface area contributed by atoms with E-state index in [1.807, 2.05) is 18.5 Å². The van der Waals surface area contributed by atoms with Crippen LogP contribution in [-0.4, -0.2) is 16.1 Å². The molecule has 0 saturated carbocycles. The summed E-state index contributed by atoms with van der Waals surface area (Å²) in [7, 11) is 0. The first-order valence-corrected chi connectivity index (χ1v) is 5.20. The van der Waals surface area contributed by atoms with E-state index in [-0.39, 0.29) is 6.42 Å². The number of carboxylic acid groups (broad SMARTS) is 1. The van der Waals surface area contributed by atoms with Crippen molar-refractivity contribution in [3.63, 3.8) is 0 Å². The molecule has 0 amide bonds. The van der Waals surface area contributed by atoms with Gasteiger partial charge in [0.1, 0.15) is 0 Å². The third-order valence-electron chi connectivity index (χ3n) is 2.25. The molecule has 82 valence electrons. The minimum atomic E-state index is -0.706. The molecule has 3 heteroatoms. The molecule has 0 aromatic carbocycles. The van der Waals surface area contributed by atoms with Crippen molar-refractivity contribution in [3.05, 3.63) is 29.6 Å². The van der Waals surface area contributed by atoms with Crippen molar-refractivity contribution >= 4 is 12.0 Å². The monoisotopic (exact) mass is 207 g/mol. The molecule has 3 nitrogen and oxygen atoms in total. The van der Waals surface area contributed by atoms with Crippen LogP contribution < -0.4 is 0 Å². The largest absolute Gasteiger partial charge is 0.481 e. The van der Waals surface area contributed by atoms with Gasteiger partial charge in [-0.3, -0.25) is 4.79 Å². The van der Waals surface area contributed by atoms with Crippen LogP contribution in [-0.2, 0) is 4.79 Å². The molecule has 0 bridgehead atoms. The highest BCUT2D eigenvalue weighted by Gasteiger charge is 1.97. The molecule has 0 fully saturated rings. The molecule has 0 aliphatic heterocycles. The zero-order chi connectivity index (χ0) is 11.1. The van der Waals surface area contributed by atoms with Crippen LogP contribution in [0.25, 0.3) is 6.08 Å². The summed E-state index contributed by atoms with van der Waals surface area (Å²) in [6, 6.07) is 2.01. The molecule has 0 aliphatic rings. The molecular formula is C12H17NO2. The van der Waals surface area contributed by atoms with Gasteiger partial charge in [0.05, 0.1) is 0 Å². The zero-order valence-corrected chi connectivity index (χ0v) is 8.99. The fraction of sp³-hybridized carbons (Fsp3) is 0.417. The molecule has 0 saturated heterocycles. The molecule has 0 unspecified atom stereocenters. The molecule has 0 atom stereocenters. The van der Waals surface area contributed by atoms with Crippen molar-refractivity contribution in [2.75, 3.05) is 0 Å². The number of carbonyl (C=O) groups is 1. The number of nitrogens with one attached hydrogen (secondary N) is 1. The maximum atomic E-state index is 10.3. The Balaban J connectivity index is 2.24. The summed E-state index contributed by atoms with van der Waals surface area (Å²) in [5.74, 6) is -0.706. The van der Waals surface area contributed by atoms with Gasteiger partial charge in [0.2, 0.25) is 0 Å². The summed E-state index contributed by atoms with van der Waals surface area (Å²) in [6.45, 7) is 2.08. The van der Waals surface area contributed by atoms with E-state index in [0.717, 1.165) is 19.3 Å². The third-order valence-corrected chi connectivity index (χ3v) is 2.25. The lowest BCUT2D eigenvalue weighted by molar-refractivity contribution is -0.137. The van der Waals surface area contributed by atoms with Gasteiger partial charge in [-0.25, -0.2) is 0 Å². The van der Waals surface area contributed by atoms with Crippen LogP contribution in [0.5, 0.6) is 0 Å². The smallest absolute Gasteiger partial charge is 0.303 e. The second-order valence-corrected chi connectivity index (χ2v) is 3.74. The lowest BCUT2D eigenvalue weighted by atomic mass is 10.1. The van der Waals surface area contributed by atoms with E-state index in [0.29, 0.717) is 0 Å². The zero-order valence-electron chi connectivity index (χ0n) is 8.99. The van der Waals surface area contributed by atoms with Gasteiger partial charge in [0.15, 0.2) is 0 Å². The maximum Gasteiger partial charge on any atom is 0.303 e. The lowest BCUT2D eigenvalue weighted by Gasteiger charge is -1.99. The van der Waals surface area contributed by atoms with Gasteiger partial charge < -0.3 is 10.1 Å². The Hall–Kier alpha value is -1.51. The van der Waals surface area contributed by atoms with Gasteiger partial charge in [-0.1, -0.05) is 11.6 Å². The van der Waals surface area contributed by atoms with Gasteiger partial charge in [-0.05, 0) is 37.8 Å². The first-order chi connectivity index (χ1) is 7.18. The van der Waals surface area contributed by atoms with Crippen LogP contribution in [0.2, 0.25) is 0 Å². The predicted octanol–water partition coefficient (Wildman–Crippen LogP) is 3.06. The summed E-state index contributed by atoms with van der Waals surface area (Å²) >= 11 is 0. The number of hydrogen-bond donors (Lipinski definition) is 2. The summed E-state index contributed by atoms with van der Waals surface area (Å²) in [5, 5.41) is 8.47. The minimum Gasteiger partial charge on any atom is -0.481 e. The van der Waals surface area contributed by atoms with Crippen molar-refractivity contribution in [2.24, 2.45) is 0 Å². The van der Waals surface area contributed by atoms with Gasteiger partial charge in [0.25, 0.3) is 0 Å². The third kappa shape index (κ3) is 5.05. The summed E-state index contributed by atoms with van der Waals surface area (Å²) < 4.78 is 0. The van der Waals surface area contributed by atoms with E-state index in [4.69, 9.17) is 5.11 Å². The van der Waals surface area contributed by atoms with Gasteiger partial charge in [0, 0.05) is 18.8 Å². The number of unbranched alkanes of at least 4 members (excludes halogenated alkanes) is 1. The van der Waals surface area contributed by atoms with Crippen molar-refractivity contribution in [1.29, 1.82) is 0 Å². The van der Waals surface area contributed by atoms with Crippen molar-refractivity contribution in [3.8, 4) is 0 Å². The topological polar surface area (TPSA) is 53.1 Å². The Morgan fingerprint density at radius 1 is 1.47 bits per heavy atom. The number of carboxylic acids is 1. The second kappa shape index (κ2) is 6.06. The van der Waals surface area contributed by atoms with Crippen LogP contribution in [0.3, 0.4) is 0 Å². The number of aliphatic carboxylic acids is 1. The number of allylic oxidation sites excluding steroid dienone is 1. The fourth-order valence-corrected chi connectivity index (χ4v) is 1.46. The molecule has 0 aliphatic carbocycles. The van der Waals surface area contributed by atoms with Gasteiger partial charge in [-0.15, -0.1) is 0 Å². The summed E-state index contributed by atoms with van der Waals surface area (Å²) in [5.41, 5.74) is 2.46. The van der Waals surface area contributed by atoms with E-state index >= 15 is 0 Å². The SMILES string of the molecule is C/C(=C\c1cc[nH]c1)CCCCC(=O)O. The van der Waals surface area contributed by atoms with Crippen LogP contribution in [0.15, 0.2) is 24.0 Å². The minimum absolute atomic E-state index is 0.275. The Morgan fingerprint density at radius 3 is 2.80 bits per heavy atom. The number of rotatable bonds is 6. The Morgan fingerprint density at radius 2 is 2.20 bits per heavy atom. The molecule has 2 N–H and O–H groups in total. The van der Waals surface area contributed by atoms with E-state index in [2.05, 4.69) is 18.0 Å². The standard InChI is InChI=1S/C12H17NO2/c1-10(4-2-3-5-12(14)15)8-11-6-7-13-9-11/h6-9,13H,2-5H2,1H3,(H,14,15)/b10-8+. The van der Waals surface area contributed by atoms with Crippen molar-refractivity contribution in [1.82, 2.24) is 4.98 Å². The molecule has 1 aromatic rings. The van der Waals surface area contributed by atoms with Crippen LogP contribution >= 0.6 is 0 Å². The predicted molar refractivity (Wildman–Crippen MR) is 60.5 cm³/mol. The number of H-pyrrole nitrogens is 1. The Labute approximate surface area is 89.8 Å². The van der Waals surface area contributed by atoms with Crippen LogP contribution in [0.4, 0.5) is 0 Å². The number of hydrogen-bond acceptors (Lipinski definition) is 1. The number of aromatic amines is 1. The average Bonchev–Trinajstić information content (AvgIpc) is 2.64. The average molecular weight is 207 g/mol. The molecule has 1 rings (SSSR count). The molecule has 15 heavy (non-hydrogen) atoms. The normalized spacial score (nSPS) is 11.7. The van der Waals surface area contributed by atoms with Crippen LogP contribution in [0, 0.1) is 0 Å². The summed E-state index contributed by atoms with van der Waals surface area (Å²) in [6.07, 6.45) is 8.91. The first-order valence-electron chi connectivity index (χ1n) is 5.20.